The molecular formula is C10H14BrNS. The fourth-order valence-corrected chi connectivity index (χ4v) is 2.28. The van der Waals surface area contributed by atoms with Crippen LogP contribution in [0.4, 0.5) is 0 Å². The van der Waals surface area contributed by atoms with Crippen molar-refractivity contribution in [2.45, 2.75) is 25.8 Å². The van der Waals surface area contributed by atoms with E-state index in [1.807, 2.05) is 18.0 Å². The first kappa shape index (κ1) is 11.1. The van der Waals surface area contributed by atoms with Crippen LogP contribution in [0, 0.1) is 12.8 Å². The first-order valence-electron chi connectivity index (χ1n) is 4.34. The second kappa shape index (κ2) is 5.01. The summed E-state index contributed by atoms with van der Waals surface area (Å²) >= 11 is 5.24. The lowest BCUT2D eigenvalue weighted by Gasteiger charge is -2.06. The van der Waals surface area contributed by atoms with Gasteiger partial charge in [-0.1, -0.05) is 13.8 Å². The maximum atomic E-state index is 4.37. The largest absolute Gasteiger partial charge is 0.248 e. The second-order valence-electron chi connectivity index (χ2n) is 3.48. The van der Waals surface area contributed by atoms with E-state index in [2.05, 4.69) is 47.8 Å². The molecule has 0 saturated carbocycles. The van der Waals surface area contributed by atoms with E-state index in [0.29, 0.717) is 0 Å². The molecule has 0 fully saturated rings. The Hall–Kier alpha value is -0.0200. The monoisotopic (exact) mass is 259 g/mol. The summed E-state index contributed by atoms with van der Waals surface area (Å²) in [4.78, 5) is 4.37. The summed E-state index contributed by atoms with van der Waals surface area (Å²) in [5, 5.41) is 1.15. The quantitative estimate of drug-likeness (QED) is 0.764. The van der Waals surface area contributed by atoms with Crippen molar-refractivity contribution in [3.8, 4) is 0 Å². The molecule has 0 spiro atoms. The van der Waals surface area contributed by atoms with E-state index < -0.39 is 0 Å². The van der Waals surface area contributed by atoms with Gasteiger partial charge in [0.15, 0.2) is 0 Å². The van der Waals surface area contributed by atoms with Crippen molar-refractivity contribution in [2.24, 2.45) is 5.92 Å². The molecule has 1 aromatic rings. The highest BCUT2D eigenvalue weighted by atomic mass is 79.9. The van der Waals surface area contributed by atoms with Crippen molar-refractivity contribution < 1.29 is 0 Å². The van der Waals surface area contributed by atoms with Crippen LogP contribution in [0.25, 0.3) is 0 Å². The first-order chi connectivity index (χ1) is 6.09. The Balaban J connectivity index is 2.67. The highest BCUT2D eigenvalue weighted by molar-refractivity contribution is 9.10. The highest BCUT2D eigenvalue weighted by Gasteiger charge is 2.02. The van der Waals surface area contributed by atoms with E-state index in [1.165, 1.54) is 5.56 Å². The molecule has 1 nitrogen and oxygen atoms in total. The minimum absolute atomic E-state index is 0.717. The van der Waals surface area contributed by atoms with Crippen molar-refractivity contribution in [3.63, 3.8) is 0 Å². The van der Waals surface area contributed by atoms with Crippen LogP contribution in [0.15, 0.2) is 21.8 Å². The molecule has 0 radical (unpaired) electrons. The minimum Gasteiger partial charge on any atom is -0.248 e. The van der Waals surface area contributed by atoms with Crippen molar-refractivity contribution in [1.29, 1.82) is 0 Å². The molecule has 0 aromatic carbocycles. The predicted octanol–water partition coefficient (Wildman–Crippen LogP) is 3.90. The Morgan fingerprint density at radius 1 is 1.54 bits per heavy atom. The Labute approximate surface area is 92.5 Å². The Morgan fingerprint density at radius 2 is 2.23 bits per heavy atom. The summed E-state index contributed by atoms with van der Waals surface area (Å²) < 4.78 is 1.05. The van der Waals surface area contributed by atoms with Crippen molar-refractivity contribution in [1.82, 2.24) is 4.98 Å². The van der Waals surface area contributed by atoms with Crippen LogP contribution in [0.1, 0.15) is 19.4 Å². The number of rotatable bonds is 3. The molecule has 13 heavy (non-hydrogen) atoms. The van der Waals surface area contributed by atoms with Gasteiger partial charge in [-0.25, -0.2) is 4.98 Å². The van der Waals surface area contributed by atoms with Crippen LogP contribution in [0.5, 0.6) is 0 Å². The molecule has 0 N–H and O–H groups in total. The number of nitrogens with zero attached hydrogens (tertiary/aromatic N) is 1. The van der Waals surface area contributed by atoms with Gasteiger partial charge in [-0.3, -0.25) is 0 Å². The normalized spacial score (nSPS) is 10.8. The summed E-state index contributed by atoms with van der Waals surface area (Å²) in [6.07, 6.45) is 1.86. The van der Waals surface area contributed by atoms with E-state index >= 15 is 0 Å². The average Bonchev–Trinajstić information content (AvgIpc) is 2.02. The molecule has 3 heteroatoms. The molecule has 72 valence electrons. The van der Waals surface area contributed by atoms with Gasteiger partial charge >= 0.3 is 0 Å². The van der Waals surface area contributed by atoms with Crippen LogP contribution < -0.4 is 0 Å². The lowest BCUT2D eigenvalue weighted by Crippen LogP contribution is -1.93. The lowest BCUT2D eigenvalue weighted by atomic mass is 10.3. The summed E-state index contributed by atoms with van der Waals surface area (Å²) in [7, 11) is 0. The molecule has 0 aliphatic carbocycles. The maximum absolute atomic E-state index is 4.37. The molecule has 0 atom stereocenters. The molecule has 0 aliphatic heterocycles. The van der Waals surface area contributed by atoms with Gasteiger partial charge in [0.25, 0.3) is 0 Å². The zero-order chi connectivity index (χ0) is 9.84. The van der Waals surface area contributed by atoms with Gasteiger partial charge in [-0.05, 0) is 40.4 Å². The van der Waals surface area contributed by atoms with E-state index in [0.717, 1.165) is 21.2 Å². The molecule has 0 aliphatic rings. The SMILES string of the molecule is Cc1cc(Br)cnc1SCC(C)C. The van der Waals surface area contributed by atoms with Crippen LogP contribution >= 0.6 is 27.7 Å². The van der Waals surface area contributed by atoms with Crippen LogP contribution in [-0.4, -0.2) is 10.7 Å². The van der Waals surface area contributed by atoms with Gasteiger partial charge in [0.1, 0.15) is 0 Å². The third-order valence-electron chi connectivity index (χ3n) is 1.55. The molecule has 1 rings (SSSR count). The van der Waals surface area contributed by atoms with Crippen molar-refractivity contribution >= 4 is 27.7 Å². The Morgan fingerprint density at radius 3 is 2.77 bits per heavy atom. The van der Waals surface area contributed by atoms with E-state index in [4.69, 9.17) is 0 Å². The van der Waals surface area contributed by atoms with Crippen LogP contribution in [0.3, 0.4) is 0 Å². The standard InChI is InChI=1S/C10H14BrNS/c1-7(2)6-13-10-8(3)4-9(11)5-12-10/h4-5,7H,6H2,1-3H3. The van der Waals surface area contributed by atoms with Gasteiger partial charge in [-0.15, -0.1) is 11.8 Å². The van der Waals surface area contributed by atoms with E-state index in [-0.39, 0.29) is 0 Å². The molecule has 0 amide bonds. The zero-order valence-corrected chi connectivity index (χ0v) is 10.6. The van der Waals surface area contributed by atoms with Crippen LogP contribution in [0.2, 0.25) is 0 Å². The zero-order valence-electron chi connectivity index (χ0n) is 8.17. The topological polar surface area (TPSA) is 12.9 Å². The van der Waals surface area contributed by atoms with Gasteiger partial charge in [0.05, 0.1) is 5.03 Å². The molecular weight excluding hydrogens is 246 g/mol. The maximum Gasteiger partial charge on any atom is 0.0989 e. The molecule has 0 bridgehead atoms. The number of aryl methyl sites for hydroxylation is 1. The lowest BCUT2D eigenvalue weighted by molar-refractivity contribution is 0.749. The Bertz CT molecular complexity index is 286. The minimum atomic E-state index is 0.717. The Kier molecular flexibility index (Phi) is 4.26. The molecule has 1 heterocycles. The summed E-state index contributed by atoms with van der Waals surface area (Å²) in [6.45, 7) is 6.54. The molecule has 0 unspecified atom stereocenters. The van der Waals surface area contributed by atoms with Crippen molar-refractivity contribution in [3.05, 3.63) is 22.3 Å². The molecule has 0 saturated heterocycles. The van der Waals surface area contributed by atoms with E-state index in [1.54, 1.807) is 0 Å². The average molecular weight is 260 g/mol. The fourth-order valence-electron chi connectivity index (χ4n) is 0.925. The number of pyridine rings is 1. The number of hydrogen-bond donors (Lipinski definition) is 0. The summed E-state index contributed by atoms with van der Waals surface area (Å²) in [5.41, 5.74) is 1.25. The van der Waals surface area contributed by atoms with Gasteiger partial charge in [-0.2, -0.15) is 0 Å². The number of halogens is 1. The van der Waals surface area contributed by atoms with Crippen LogP contribution in [-0.2, 0) is 0 Å². The number of aromatic nitrogens is 1. The fraction of sp³-hybridized carbons (Fsp3) is 0.500. The molecule has 1 aromatic heterocycles. The van der Waals surface area contributed by atoms with Gasteiger partial charge < -0.3 is 0 Å². The first-order valence-corrected chi connectivity index (χ1v) is 6.12. The smallest absolute Gasteiger partial charge is 0.0989 e. The number of thioether (sulfide) groups is 1. The number of hydrogen-bond acceptors (Lipinski definition) is 2. The summed E-state index contributed by atoms with van der Waals surface area (Å²) in [5.74, 6) is 1.85. The van der Waals surface area contributed by atoms with Gasteiger partial charge in [0.2, 0.25) is 0 Å². The van der Waals surface area contributed by atoms with Gasteiger partial charge in [0, 0.05) is 16.4 Å². The highest BCUT2D eigenvalue weighted by Crippen LogP contribution is 2.23. The second-order valence-corrected chi connectivity index (χ2v) is 5.40. The summed E-state index contributed by atoms with van der Waals surface area (Å²) in [6, 6.07) is 2.11. The van der Waals surface area contributed by atoms with E-state index in [9.17, 15) is 0 Å². The third kappa shape index (κ3) is 3.69. The van der Waals surface area contributed by atoms with Crippen molar-refractivity contribution in [2.75, 3.05) is 5.75 Å². The third-order valence-corrected chi connectivity index (χ3v) is 3.52. The predicted molar refractivity (Wildman–Crippen MR) is 62.2 cm³/mol.